The van der Waals surface area contributed by atoms with Gasteiger partial charge in [-0.05, 0) is 29.1 Å². The molecule has 0 N–H and O–H groups in total. The molecule has 6 nitrogen and oxygen atoms in total. The Bertz CT molecular complexity index is 1100. The average Bonchev–Trinajstić information content (AvgIpc) is 2.59. The van der Waals surface area contributed by atoms with Gasteiger partial charge < -0.3 is 4.74 Å². The predicted octanol–water partition coefficient (Wildman–Crippen LogP) is 4.08. The maximum Gasteiger partial charge on any atom is 0.332 e. The molecule has 8 heteroatoms. The Kier molecular flexibility index (Phi) is 4.13. The van der Waals surface area contributed by atoms with Crippen LogP contribution in [0.2, 0.25) is 0 Å². The largest absolute Gasteiger partial charge is 0.496 e. The van der Waals surface area contributed by atoms with E-state index in [1.165, 1.54) is 31.4 Å². The van der Waals surface area contributed by atoms with Gasteiger partial charge in [-0.1, -0.05) is 30.3 Å². The lowest BCUT2D eigenvalue weighted by Gasteiger charge is -2.14. The van der Waals surface area contributed by atoms with Crippen molar-refractivity contribution in [1.29, 1.82) is 0 Å². The fraction of sp³-hybridized carbons (Fsp3) is 0.0588. The molecule has 0 aliphatic carbocycles. The van der Waals surface area contributed by atoms with E-state index in [9.17, 15) is 22.4 Å². The lowest BCUT2D eigenvalue weighted by atomic mass is 9.96. The molecule has 0 aliphatic heterocycles. The van der Waals surface area contributed by atoms with Crippen LogP contribution in [0.3, 0.4) is 0 Å². The number of nitrogens with zero attached hydrogens (tertiary/aromatic N) is 1. The van der Waals surface area contributed by atoms with Gasteiger partial charge in [-0.2, -0.15) is 8.42 Å². The molecule has 0 saturated carbocycles. The average molecular weight is 361 g/mol. The first kappa shape index (κ1) is 16.8. The molecule has 0 aliphatic rings. The molecule has 0 aromatic heterocycles. The predicted molar refractivity (Wildman–Crippen MR) is 90.9 cm³/mol. The van der Waals surface area contributed by atoms with Gasteiger partial charge in [0.25, 0.3) is 5.69 Å². The number of ether oxygens (including phenoxy) is 1. The maximum absolute atomic E-state index is 13.8. The normalized spacial score (nSPS) is 11.4. The van der Waals surface area contributed by atoms with Crippen LogP contribution in [-0.4, -0.2) is 20.5 Å². The van der Waals surface area contributed by atoms with E-state index in [1.54, 1.807) is 24.3 Å². The van der Waals surface area contributed by atoms with E-state index in [1.807, 2.05) is 0 Å². The van der Waals surface area contributed by atoms with E-state index in [-0.39, 0.29) is 17.0 Å². The first-order valence-corrected chi connectivity index (χ1v) is 8.51. The summed E-state index contributed by atoms with van der Waals surface area (Å²) in [5, 5.41) is 12.0. The maximum atomic E-state index is 13.8. The van der Waals surface area contributed by atoms with Gasteiger partial charge in [-0.15, -0.1) is 3.89 Å². The smallest absolute Gasteiger partial charge is 0.332 e. The minimum atomic E-state index is -5.02. The lowest BCUT2D eigenvalue weighted by molar-refractivity contribution is -0.383. The van der Waals surface area contributed by atoms with Gasteiger partial charge >= 0.3 is 10.2 Å². The summed E-state index contributed by atoms with van der Waals surface area (Å²) < 4.78 is 42.1. The summed E-state index contributed by atoms with van der Waals surface area (Å²) in [5.41, 5.74) is 0.229. The van der Waals surface area contributed by atoms with Gasteiger partial charge in [0, 0.05) is 11.6 Å². The Labute approximate surface area is 142 Å². The summed E-state index contributed by atoms with van der Waals surface area (Å²) in [6, 6.07) is 13.1. The third-order valence-corrected chi connectivity index (χ3v) is 4.70. The summed E-state index contributed by atoms with van der Waals surface area (Å²) in [6.07, 6.45) is 0. The van der Waals surface area contributed by atoms with Gasteiger partial charge in [0.05, 0.1) is 17.4 Å². The first-order chi connectivity index (χ1) is 11.8. The monoisotopic (exact) mass is 361 g/mol. The number of non-ortho nitro benzene ring substituents is 1. The van der Waals surface area contributed by atoms with E-state index in [0.717, 1.165) is 6.07 Å². The zero-order valence-electron chi connectivity index (χ0n) is 13.0. The molecule has 25 heavy (non-hydrogen) atoms. The molecule has 0 unspecified atom stereocenters. The van der Waals surface area contributed by atoms with Gasteiger partial charge in [-0.25, -0.2) is 0 Å². The number of hydrogen-bond acceptors (Lipinski definition) is 5. The number of nitro benzene ring substituents is 1. The zero-order valence-corrected chi connectivity index (χ0v) is 13.8. The summed E-state index contributed by atoms with van der Waals surface area (Å²) in [7, 11) is -3.69. The van der Waals surface area contributed by atoms with Crippen LogP contribution in [0.4, 0.5) is 9.57 Å². The van der Waals surface area contributed by atoms with E-state index >= 15 is 0 Å². The number of halogens is 1. The highest BCUT2D eigenvalue weighted by Crippen LogP contribution is 2.41. The molecule has 3 aromatic carbocycles. The summed E-state index contributed by atoms with van der Waals surface area (Å²) >= 11 is 0. The molecule has 128 valence electrons. The quantitative estimate of drug-likeness (QED) is 0.397. The number of benzene rings is 3. The van der Waals surface area contributed by atoms with Gasteiger partial charge in [0.2, 0.25) is 0 Å². The zero-order chi connectivity index (χ0) is 18.2. The van der Waals surface area contributed by atoms with Crippen LogP contribution in [0, 0.1) is 10.1 Å². The highest BCUT2D eigenvalue weighted by molar-refractivity contribution is 7.86. The second kappa shape index (κ2) is 6.14. The van der Waals surface area contributed by atoms with E-state index in [4.69, 9.17) is 4.74 Å². The van der Waals surface area contributed by atoms with Crippen molar-refractivity contribution in [1.82, 2.24) is 0 Å². The minimum Gasteiger partial charge on any atom is -0.496 e. The Hall–Kier alpha value is -3.00. The third kappa shape index (κ3) is 2.91. The van der Waals surface area contributed by atoms with Crippen LogP contribution in [0.5, 0.6) is 5.75 Å². The van der Waals surface area contributed by atoms with Crippen LogP contribution < -0.4 is 4.74 Å². The standard InChI is InChI=1S/C17H12FNO5S/c1-24-15-9-4-10-16(25(18,22)23)17(15)13-7-2-6-12-11(13)5-3-8-14(12)19(20)21/h2-10H,1H3. The lowest BCUT2D eigenvalue weighted by Crippen LogP contribution is -1.99. The highest BCUT2D eigenvalue weighted by atomic mass is 32.3. The number of nitro groups is 1. The topological polar surface area (TPSA) is 86.5 Å². The van der Waals surface area contributed by atoms with Crippen molar-refractivity contribution >= 4 is 26.7 Å². The first-order valence-electron chi connectivity index (χ1n) is 7.12. The summed E-state index contributed by atoms with van der Waals surface area (Å²) in [6.45, 7) is 0. The highest BCUT2D eigenvalue weighted by Gasteiger charge is 2.24. The fourth-order valence-electron chi connectivity index (χ4n) is 2.82. The Balaban J connectivity index is 2.47. The van der Waals surface area contributed by atoms with Gasteiger partial charge in [-0.3, -0.25) is 10.1 Å². The van der Waals surface area contributed by atoms with Crippen molar-refractivity contribution in [3.63, 3.8) is 0 Å². The van der Waals surface area contributed by atoms with Crippen LogP contribution in [-0.2, 0) is 10.2 Å². The Morgan fingerprint density at radius 2 is 1.64 bits per heavy atom. The van der Waals surface area contributed by atoms with Crippen molar-refractivity contribution in [2.75, 3.05) is 7.11 Å². The Morgan fingerprint density at radius 1 is 1.00 bits per heavy atom. The molecule has 0 spiro atoms. The number of rotatable bonds is 4. The van der Waals surface area contributed by atoms with Crippen molar-refractivity contribution in [2.45, 2.75) is 4.90 Å². The van der Waals surface area contributed by atoms with E-state index in [0.29, 0.717) is 16.3 Å². The Morgan fingerprint density at radius 3 is 2.28 bits per heavy atom. The van der Waals surface area contributed by atoms with Crippen molar-refractivity contribution in [3.8, 4) is 16.9 Å². The van der Waals surface area contributed by atoms with Gasteiger partial charge in [0.1, 0.15) is 10.6 Å². The molecule has 3 rings (SSSR count). The third-order valence-electron chi connectivity index (χ3n) is 3.84. The summed E-state index contributed by atoms with van der Waals surface area (Å²) in [5.74, 6) is 0.151. The van der Waals surface area contributed by atoms with E-state index < -0.39 is 20.0 Å². The number of hydrogen-bond donors (Lipinski definition) is 0. The number of fused-ring (bicyclic) bond motifs is 1. The molecule has 0 amide bonds. The molecular weight excluding hydrogens is 349 g/mol. The molecule has 0 heterocycles. The molecule has 0 bridgehead atoms. The molecule has 3 aromatic rings. The van der Waals surface area contributed by atoms with Crippen LogP contribution in [0.1, 0.15) is 0 Å². The van der Waals surface area contributed by atoms with E-state index in [2.05, 4.69) is 0 Å². The minimum absolute atomic E-state index is 0.0265. The SMILES string of the molecule is COc1cccc(S(=O)(=O)F)c1-c1cccc2c([N+](=O)[O-])cccc12. The van der Waals surface area contributed by atoms with Crippen LogP contribution in [0.25, 0.3) is 21.9 Å². The second-order valence-corrected chi connectivity index (χ2v) is 6.52. The molecule has 0 atom stereocenters. The van der Waals surface area contributed by atoms with Crippen LogP contribution in [0.15, 0.2) is 59.5 Å². The van der Waals surface area contributed by atoms with Gasteiger partial charge in [0.15, 0.2) is 0 Å². The number of methoxy groups -OCH3 is 1. The second-order valence-electron chi connectivity index (χ2n) is 5.21. The summed E-state index contributed by atoms with van der Waals surface area (Å²) in [4.78, 5) is 10.2. The van der Waals surface area contributed by atoms with Crippen molar-refractivity contribution in [2.24, 2.45) is 0 Å². The molecule has 0 fully saturated rings. The van der Waals surface area contributed by atoms with Crippen molar-refractivity contribution < 1.29 is 22.0 Å². The van der Waals surface area contributed by atoms with Crippen molar-refractivity contribution in [3.05, 3.63) is 64.7 Å². The van der Waals surface area contributed by atoms with Crippen LogP contribution >= 0.6 is 0 Å². The molecule has 0 saturated heterocycles. The fourth-order valence-corrected chi connectivity index (χ4v) is 3.52. The molecule has 0 radical (unpaired) electrons. The molecular formula is C17H12FNO5S.